The molecule has 0 bridgehead atoms. The first-order valence-electron chi connectivity index (χ1n) is 4.02. The predicted octanol–water partition coefficient (Wildman–Crippen LogP) is 1.13. The lowest BCUT2D eigenvalue weighted by molar-refractivity contribution is 0.561. The molecule has 1 aromatic heterocycles. The largest absolute Gasteiger partial charge is 0.308 e. The number of nitrogens with one attached hydrogen (secondary N) is 1. The zero-order chi connectivity index (χ0) is 8.23. The van der Waals surface area contributed by atoms with Gasteiger partial charge in [-0.1, -0.05) is 4.49 Å². The number of hydrogen-bond donors (Lipinski definition) is 1. The van der Waals surface area contributed by atoms with Gasteiger partial charge in [0.05, 0.1) is 11.1 Å². The molecule has 0 aromatic carbocycles. The molecule has 5 heteroatoms. The van der Waals surface area contributed by atoms with Crippen LogP contribution in [0.3, 0.4) is 0 Å². The molecule has 0 radical (unpaired) electrons. The van der Waals surface area contributed by atoms with Crippen molar-refractivity contribution in [3.63, 3.8) is 0 Å². The van der Waals surface area contributed by atoms with Crippen molar-refractivity contribution in [2.75, 3.05) is 11.5 Å². The maximum absolute atomic E-state index is 3.81. The third-order valence-corrected chi connectivity index (χ3v) is 3.72. The first-order valence-corrected chi connectivity index (χ1v) is 5.95. The number of nitrogens with zero attached hydrogens (tertiary/aromatic N) is 2. The summed E-state index contributed by atoms with van der Waals surface area (Å²) in [6, 6.07) is 0.706. The van der Waals surface area contributed by atoms with Gasteiger partial charge in [-0.15, -0.1) is 5.10 Å². The lowest BCUT2D eigenvalue weighted by Gasteiger charge is -2.08. The molecule has 3 nitrogen and oxygen atoms in total. The molecule has 1 saturated heterocycles. The van der Waals surface area contributed by atoms with Crippen LogP contribution in [0.5, 0.6) is 0 Å². The highest BCUT2D eigenvalue weighted by Crippen LogP contribution is 2.17. The third kappa shape index (κ3) is 2.18. The Bertz CT molecular complexity index is 219. The monoisotopic (exact) mass is 201 g/mol. The summed E-state index contributed by atoms with van der Waals surface area (Å²) < 4.78 is 3.81. The van der Waals surface area contributed by atoms with Crippen molar-refractivity contribution in [2.45, 2.75) is 19.0 Å². The fraction of sp³-hybridized carbons (Fsp3) is 0.714. The van der Waals surface area contributed by atoms with Gasteiger partial charge < -0.3 is 5.32 Å². The molecular formula is C7H11N3S2. The van der Waals surface area contributed by atoms with Crippen LogP contribution in [0.1, 0.15) is 11.3 Å². The highest BCUT2D eigenvalue weighted by atomic mass is 32.2. The molecule has 1 N–H and O–H groups in total. The molecule has 1 aliphatic rings. The third-order valence-electron chi connectivity index (χ3n) is 1.90. The Labute approximate surface area is 80.1 Å². The van der Waals surface area contributed by atoms with Crippen molar-refractivity contribution in [1.29, 1.82) is 0 Å². The minimum Gasteiger partial charge on any atom is -0.308 e. The van der Waals surface area contributed by atoms with Gasteiger partial charge in [0, 0.05) is 18.3 Å². The zero-order valence-corrected chi connectivity index (χ0v) is 8.33. The Balaban J connectivity index is 1.74. The quantitative estimate of drug-likeness (QED) is 0.795. The van der Waals surface area contributed by atoms with E-state index in [1.54, 1.807) is 0 Å². The van der Waals surface area contributed by atoms with Crippen LogP contribution < -0.4 is 5.32 Å². The van der Waals surface area contributed by atoms with Gasteiger partial charge in [-0.3, -0.25) is 0 Å². The molecule has 1 aromatic rings. The van der Waals surface area contributed by atoms with Gasteiger partial charge in [0.2, 0.25) is 0 Å². The average molecular weight is 201 g/mol. The summed E-state index contributed by atoms with van der Waals surface area (Å²) in [4.78, 5) is 1.23. The van der Waals surface area contributed by atoms with E-state index in [0.29, 0.717) is 6.04 Å². The molecule has 66 valence electrons. The molecule has 0 aliphatic carbocycles. The fourth-order valence-electron chi connectivity index (χ4n) is 1.21. The Hall–Kier alpha value is -0.130. The molecule has 1 unspecified atom stereocenters. The molecular weight excluding hydrogens is 190 g/mol. The zero-order valence-electron chi connectivity index (χ0n) is 6.69. The minimum atomic E-state index is 0.706. The topological polar surface area (TPSA) is 37.8 Å². The number of rotatable bonds is 3. The van der Waals surface area contributed by atoms with Crippen LogP contribution in [0.25, 0.3) is 0 Å². The SMILES string of the molecule is c1nnsc1CNC1CCSC1. The molecule has 0 saturated carbocycles. The summed E-state index contributed by atoms with van der Waals surface area (Å²) in [5.41, 5.74) is 0. The normalized spacial score (nSPS) is 23.2. The number of hydrogen-bond acceptors (Lipinski definition) is 5. The van der Waals surface area contributed by atoms with E-state index in [2.05, 4.69) is 14.9 Å². The Morgan fingerprint density at radius 3 is 3.33 bits per heavy atom. The van der Waals surface area contributed by atoms with Crippen LogP contribution in [-0.2, 0) is 6.54 Å². The fourth-order valence-corrected chi connectivity index (χ4v) is 2.83. The van der Waals surface area contributed by atoms with Crippen molar-refractivity contribution in [1.82, 2.24) is 14.9 Å². The number of aromatic nitrogens is 2. The van der Waals surface area contributed by atoms with Crippen LogP contribution in [0.15, 0.2) is 6.20 Å². The van der Waals surface area contributed by atoms with Gasteiger partial charge in [0.25, 0.3) is 0 Å². The average Bonchev–Trinajstić information content (AvgIpc) is 2.74. The summed E-state index contributed by atoms with van der Waals surface area (Å²) in [5.74, 6) is 2.56. The van der Waals surface area contributed by atoms with Crippen LogP contribution >= 0.6 is 23.3 Å². The van der Waals surface area contributed by atoms with Gasteiger partial charge in [-0.2, -0.15) is 11.8 Å². The van der Waals surface area contributed by atoms with Crippen molar-refractivity contribution in [2.24, 2.45) is 0 Å². The maximum Gasteiger partial charge on any atom is 0.0666 e. The highest BCUT2D eigenvalue weighted by molar-refractivity contribution is 7.99. The summed E-state index contributed by atoms with van der Waals surface area (Å²) in [5, 5.41) is 7.28. The number of thioether (sulfide) groups is 1. The van der Waals surface area contributed by atoms with Gasteiger partial charge in [-0.05, 0) is 23.7 Å². The van der Waals surface area contributed by atoms with Crippen LogP contribution in [0.2, 0.25) is 0 Å². The van der Waals surface area contributed by atoms with E-state index in [0.717, 1.165) is 6.54 Å². The molecule has 0 amide bonds. The lowest BCUT2D eigenvalue weighted by atomic mass is 10.2. The Kier molecular flexibility index (Phi) is 2.97. The van der Waals surface area contributed by atoms with Gasteiger partial charge in [0.1, 0.15) is 0 Å². The summed E-state index contributed by atoms with van der Waals surface area (Å²) >= 11 is 3.50. The highest BCUT2D eigenvalue weighted by Gasteiger charge is 2.14. The van der Waals surface area contributed by atoms with Gasteiger partial charge in [0.15, 0.2) is 0 Å². The van der Waals surface area contributed by atoms with E-state index in [1.807, 2.05) is 18.0 Å². The van der Waals surface area contributed by atoms with Crippen LogP contribution in [0.4, 0.5) is 0 Å². The minimum absolute atomic E-state index is 0.706. The van der Waals surface area contributed by atoms with Crippen molar-refractivity contribution in [3.05, 3.63) is 11.1 Å². The van der Waals surface area contributed by atoms with Crippen molar-refractivity contribution < 1.29 is 0 Å². The van der Waals surface area contributed by atoms with Crippen LogP contribution in [-0.4, -0.2) is 27.1 Å². The van der Waals surface area contributed by atoms with E-state index in [4.69, 9.17) is 0 Å². The second-order valence-corrected chi connectivity index (χ2v) is 4.85. The second-order valence-electron chi connectivity index (χ2n) is 2.83. The van der Waals surface area contributed by atoms with E-state index < -0.39 is 0 Å². The standard InChI is InChI=1S/C7H11N3S2/c1-2-11-5-6(1)8-3-7-4-9-10-12-7/h4,6,8H,1-3,5H2. The maximum atomic E-state index is 3.81. The van der Waals surface area contributed by atoms with E-state index in [-0.39, 0.29) is 0 Å². The molecule has 0 spiro atoms. The van der Waals surface area contributed by atoms with Crippen molar-refractivity contribution in [3.8, 4) is 0 Å². The van der Waals surface area contributed by atoms with E-state index in [1.165, 1.54) is 34.3 Å². The summed E-state index contributed by atoms with van der Waals surface area (Å²) in [7, 11) is 0. The molecule has 1 aliphatic heterocycles. The first-order chi connectivity index (χ1) is 5.95. The van der Waals surface area contributed by atoms with Crippen molar-refractivity contribution >= 4 is 23.3 Å². The first kappa shape index (κ1) is 8.47. The summed E-state index contributed by atoms with van der Waals surface area (Å²) in [6.45, 7) is 0.933. The molecule has 1 fully saturated rings. The van der Waals surface area contributed by atoms with Gasteiger partial charge in [-0.25, -0.2) is 0 Å². The van der Waals surface area contributed by atoms with Crippen LogP contribution in [0, 0.1) is 0 Å². The Morgan fingerprint density at radius 2 is 2.67 bits per heavy atom. The summed E-state index contributed by atoms with van der Waals surface area (Å²) in [6.07, 6.45) is 3.14. The molecule has 12 heavy (non-hydrogen) atoms. The Morgan fingerprint density at radius 1 is 1.67 bits per heavy atom. The predicted molar refractivity (Wildman–Crippen MR) is 52.5 cm³/mol. The molecule has 1 atom stereocenters. The lowest BCUT2D eigenvalue weighted by Crippen LogP contribution is -2.27. The van der Waals surface area contributed by atoms with E-state index in [9.17, 15) is 0 Å². The molecule has 2 rings (SSSR count). The molecule has 2 heterocycles. The van der Waals surface area contributed by atoms with Gasteiger partial charge >= 0.3 is 0 Å². The van der Waals surface area contributed by atoms with E-state index >= 15 is 0 Å². The smallest absolute Gasteiger partial charge is 0.0666 e. The second kappa shape index (κ2) is 4.20.